The highest BCUT2D eigenvalue weighted by Crippen LogP contribution is 2.07. The summed E-state index contributed by atoms with van der Waals surface area (Å²) in [7, 11) is 4.54. The van der Waals surface area contributed by atoms with Crippen molar-refractivity contribution >= 4 is 15.9 Å². The number of quaternary nitrogens is 1. The van der Waals surface area contributed by atoms with Crippen LogP contribution in [-0.4, -0.2) is 30.6 Å². The third kappa shape index (κ3) is 7.11. The van der Waals surface area contributed by atoms with Gasteiger partial charge in [-0.05, 0) is 28.8 Å². The van der Waals surface area contributed by atoms with Crippen LogP contribution in [0.3, 0.4) is 0 Å². The van der Waals surface area contributed by atoms with Gasteiger partial charge in [0.1, 0.15) is 5.45 Å². The quantitative estimate of drug-likeness (QED) is 0.275. The van der Waals surface area contributed by atoms with Crippen LogP contribution in [0.1, 0.15) is 39.0 Å². The zero-order valence-electron chi connectivity index (χ0n) is 8.77. The second kappa shape index (κ2) is 6.90. The van der Waals surface area contributed by atoms with E-state index in [2.05, 4.69) is 36.9 Å². The lowest BCUT2D eigenvalue weighted by Crippen LogP contribution is -2.38. The monoisotopic (exact) mass is 236 g/mol. The smallest absolute Gasteiger partial charge is 0.133 e. The third-order valence-corrected chi connectivity index (χ3v) is 3.55. The van der Waals surface area contributed by atoms with Crippen LogP contribution in [0, 0.1) is 0 Å². The molecule has 0 heterocycles. The van der Waals surface area contributed by atoms with Crippen molar-refractivity contribution < 1.29 is 4.48 Å². The van der Waals surface area contributed by atoms with E-state index in [-0.39, 0.29) is 0 Å². The Bertz CT molecular complexity index is 102. The fourth-order valence-electron chi connectivity index (χ4n) is 1.20. The van der Waals surface area contributed by atoms with E-state index in [0.29, 0.717) is 0 Å². The molecule has 0 saturated carbocycles. The highest BCUT2D eigenvalue weighted by molar-refractivity contribution is 9.09. The average molecular weight is 237 g/mol. The molecule has 0 radical (unpaired) electrons. The number of rotatable bonds is 7. The van der Waals surface area contributed by atoms with Crippen molar-refractivity contribution in [1.29, 1.82) is 0 Å². The van der Waals surface area contributed by atoms with Gasteiger partial charge < -0.3 is 4.48 Å². The zero-order chi connectivity index (χ0) is 9.45. The molecule has 0 aromatic heterocycles. The Labute approximate surface area is 85.9 Å². The summed E-state index contributed by atoms with van der Waals surface area (Å²) in [5.74, 6) is 0. The largest absolute Gasteiger partial charge is 0.320 e. The summed E-state index contributed by atoms with van der Waals surface area (Å²) in [6.07, 6.45) is 6.94. The highest BCUT2D eigenvalue weighted by atomic mass is 79.9. The van der Waals surface area contributed by atoms with Gasteiger partial charge in [-0.25, -0.2) is 0 Å². The molecule has 2 heteroatoms. The summed E-state index contributed by atoms with van der Waals surface area (Å²) in [5.41, 5.74) is 1.07. The van der Waals surface area contributed by atoms with Crippen molar-refractivity contribution in [2.75, 3.05) is 26.1 Å². The molecule has 0 aliphatic rings. The summed E-state index contributed by atoms with van der Waals surface area (Å²) in [6.45, 7) is 3.56. The lowest BCUT2D eigenvalue weighted by Gasteiger charge is -2.26. The van der Waals surface area contributed by atoms with E-state index >= 15 is 0 Å². The summed E-state index contributed by atoms with van der Waals surface area (Å²) in [6, 6.07) is 0. The van der Waals surface area contributed by atoms with Crippen LogP contribution in [0.2, 0.25) is 0 Å². The number of alkyl halides is 1. The number of unbranched alkanes of at least 4 members (excludes halogenated alkanes) is 4. The first-order valence-electron chi connectivity index (χ1n) is 5.00. The van der Waals surface area contributed by atoms with Crippen LogP contribution in [0.25, 0.3) is 0 Å². The van der Waals surface area contributed by atoms with Crippen molar-refractivity contribution in [2.45, 2.75) is 39.0 Å². The van der Waals surface area contributed by atoms with E-state index in [1.165, 1.54) is 38.6 Å². The first kappa shape index (κ1) is 12.4. The molecule has 0 aliphatic heterocycles. The molecule has 0 unspecified atom stereocenters. The first-order valence-corrected chi connectivity index (χ1v) is 6.12. The molecule has 12 heavy (non-hydrogen) atoms. The van der Waals surface area contributed by atoms with Crippen molar-refractivity contribution in [3.8, 4) is 0 Å². The summed E-state index contributed by atoms with van der Waals surface area (Å²) < 4.78 is 1.10. The molecule has 0 bridgehead atoms. The molecule has 74 valence electrons. The lowest BCUT2D eigenvalue weighted by atomic mass is 10.1. The van der Waals surface area contributed by atoms with Crippen LogP contribution >= 0.6 is 15.9 Å². The van der Waals surface area contributed by atoms with Crippen LogP contribution < -0.4 is 0 Å². The maximum atomic E-state index is 3.53. The maximum Gasteiger partial charge on any atom is 0.133 e. The van der Waals surface area contributed by atoms with Gasteiger partial charge >= 0.3 is 0 Å². The second-order valence-electron chi connectivity index (χ2n) is 4.19. The molecule has 0 N–H and O–H groups in total. The normalized spacial score (nSPS) is 12.0. The molecule has 0 fully saturated rings. The Hall–Kier alpha value is 0.440. The van der Waals surface area contributed by atoms with Gasteiger partial charge in [-0.1, -0.05) is 26.2 Å². The average Bonchev–Trinajstić information content (AvgIpc) is 2.04. The molecule has 0 rings (SSSR count). The SMILES string of the molecule is CCCCCCC[N+](C)(C)CBr. The predicted octanol–water partition coefficient (Wildman–Crippen LogP) is 3.39. The number of hydrogen-bond acceptors (Lipinski definition) is 0. The van der Waals surface area contributed by atoms with Gasteiger partial charge in [0.15, 0.2) is 0 Å². The first-order chi connectivity index (χ1) is 5.62. The van der Waals surface area contributed by atoms with Crippen LogP contribution in [0.5, 0.6) is 0 Å². The number of hydrogen-bond donors (Lipinski definition) is 0. The van der Waals surface area contributed by atoms with Crippen LogP contribution in [0.15, 0.2) is 0 Å². The molecule has 0 atom stereocenters. The Kier molecular flexibility index (Phi) is 7.16. The Morgan fingerprint density at radius 2 is 1.58 bits per heavy atom. The molecule has 0 aliphatic carbocycles. The highest BCUT2D eigenvalue weighted by Gasteiger charge is 2.10. The van der Waals surface area contributed by atoms with Crippen LogP contribution in [-0.2, 0) is 0 Å². The minimum Gasteiger partial charge on any atom is -0.320 e. The van der Waals surface area contributed by atoms with Gasteiger partial charge in [-0.2, -0.15) is 0 Å². The van der Waals surface area contributed by atoms with Gasteiger partial charge in [0.25, 0.3) is 0 Å². The van der Waals surface area contributed by atoms with Crippen molar-refractivity contribution in [2.24, 2.45) is 0 Å². The molecular formula is C10H23BrN+. The Balaban J connectivity index is 3.19. The second-order valence-corrected chi connectivity index (χ2v) is 4.69. The Morgan fingerprint density at radius 3 is 2.08 bits per heavy atom. The van der Waals surface area contributed by atoms with Crippen molar-refractivity contribution in [1.82, 2.24) is 0 Å². The van der Waals surface area contributed by atoms with E-state index in [1.807, 2.05) is 0 Å². The molecule has 0 spiro atoms. The fourth-order valence-corrected chi connectivity index (χ4v) is 1.45. The number of nitrogens with zero attached hydrogens (tertiary/aromatic N) is 1. The van der Waals surface area contributed by atoms with E-state index < -0.39 is 0 Å². The minimum absolute atomic E-state index is 1.07. The predicted molar refractivity (Wildman–Crippen MR) is 59.5 cm³/mol. The third-order valence-electron chi connectivity index (χ3n) is 2.19. The van der Waals surface area contributed by atoms with Gasteiger partial charge in [-0.3, -0.25) is 0 Å². The summed E-state index contributed by atoms with van der Waals surface area (Å²) in [4.78, 5) is 0. The van der Waals surface area contributed by atoms with Gasteiger partial charge in [-0.15, -0.1) is 0 Å². The molecule has 1 nitrogen and oxygen atoms in total. The lowest BCUT2D eigenvalue weighted by molar-refractivity contribution is -0.876. The van der Waals surface area contributed by atoms with E-state index in [0.717, 1.165) is 9.94 Å². The van der Waals surface area contributed by atoms with E-state index in [4.69, 9.17) is 0 Å². The minimum atomic E-state index is 1.07. The maximum absolute atomic E-state index is 3.53. The summed E-state index contributed by atoms with van der Waals surface area (Å²) >= 11 is 3.53. The van der Waals surface area contributed by atoms with E-state index in [1.54, 1.807) is 0 Å². The van der Waals surface area contributed by atoms with Gasteiger partial charge in [0, 0.05) is 0 Å². The molecular weight excluding hydrogens is 214 g/mol. The molecule has 0 amide bonds. The summed E-state index contributed by atoms with van der Waals surface area (Å²) in [5, 5.41) is 0. The topological polar surface area (TPSA) is 0 Å². The van der Waals surface area contributed by atoms with Gasteiger partial charge in [0.05, 0.1) is 20.6 Å². The van der Waals surface area contributed by atoms with Crippen LogP contribution in [0.4, 0.5) is 0 Å². The van der Waals surface area contributed by atoms with Gasteiger partial charge in [0.2, 0.25) is 0 Å². The fraction of sp³-hybridized carbons (Fsp3) is 1.00. The van der Waals surface area contributed by atoms with Crippen molar-refractivity contribution in [3.05, 3.63) is 0 Å². The standard InChI is InChI=1S/C10H23BrN/c1-4-5-6-7-8-9-12(2,3)10-11/h4-10H2,1-3H3/q+1. The molecule has 0 saturated heterocycles. The van der Waals surface area contributed by atoms with Crippen molar-refractivity contribution in [3.63, 3.8) is 0 Å². The van der Waals surface area contributed by atoms with E-state index in [9.17, 15) is 0 Å². The zero-order valence-corrected chi connectivity index (χ0v) is 10.4. The molecule has 0 aromatic rings. The molecule has 0 aromatic carbocycles. The Morgan fingerprint density at radius 1 is 1.00 bits per heavy atom. The number of halogens is 1.